The molecule has 2 heterocycles. The van der Waals surface area contributed by atoms with E-state index >= 15 is 0 Å². The predicted octanol–water partition coefficient (Wildman–Crippen LogP) is 5.25. The number of carboxylic acid groups (broad SMARTS) is 1. The summed E-state index contributed by atoms with van der Waals surface area (Å²) in [4.78, 5) is 23.8. The Morgan fingerprint density at radius 1 is 0.939 bits per heavy atom. The number of hydrazone groups is 1. The molecule has 1 aliphatic rings. The molecule has 0 unspecified atom stereocenters. The molecule has 0 fully saturated rings. The number of rotatable bonds is 5. The molecule has 1 aromatic heterocycles. The van der Waals surface area contributed by atoms with Gasteiger partial charge < -0.3 is 15.5 Å². The van der Waals surface area contributed by atoms with Gasteiger partial charge in [0.25, 0.3) is 5.91 Å². The number of thiophene rings is 1. The van der Waals surface area contributed by atoms with E-state index in [2.05, 4.69) is 15.8 Å². The second kappa shape index (κ2) is 8.25. The molecule has 0 aliphatic carbocycles. The summed E-state index contributed by atoms with van der Waals surface area (Å²) in [5.74, 6) is -1.49. The second-order valence-electron chi connectivity index (χ2n) is 7.39. The van der Waals surface area contributed by atoms with Gasteiger partial charge >= 0.3 is 5.97 Å². The van der Waals surface area contributed by atoms with Crippen molar-refractivity contribution < 1.29 is 19.8 Å². The number of carbonyl (C=O) groups is 2. The standard InChI is InChI=1S/C25H17N3O4S/c29-23-18(15-3-1-4-16(11-15)25(31)32)5-2-6-20(23)27-28-22-19-8-7-14(17-9-10-33-13-17)12-21(19)26-24(22)30/h1-13,27,29H,(H,31,32)(H,26,28,30). The Morgan fingerprint density at radius 3 is 2.58 bits per heavy atom. The SMILES string of the molecule is O=C1Nc2cc(-c3ccsc3)ccc2C1=NNc1cccc(-c2cccc(C(=O)O)c2)c1O. The summed E-state index contributed by atoms with van der Waals surface area (Å²) in [6, 6.07) is 19.0. The van der Waals surface area contributed by atoms with Crippen molar-refractivity contribution in [3.8, 4) is 28.0 Å². The van der Waals surface area contributed by atoms with E-state index in [-0.39, 0.29) is 28.6 Å². The molecular weight excluding hydrogens is 438 g/mol. The van der Waals surface area contributed by atoms with Gasteiger partial charge in [-0.1, -0.05) is 30.3 Å². The first kappa shape index (κ1) is 20.5. The van der Waals surface area contributed by atoms with Crippen LogP contribution < -0.4 is 10.7 Å². The van der Waals surface area contributed by atoms with Crippen LogP contribution in [0.15, 0.2) is 82.6 Å². The first-order valence-electron chi connectivity index (χ1n) is 9.99. The molecule has 33 heavy (non-hydrogen) atoms. The number of aromatic hydroxyl groups is 1. The highest BCUT2D eigenvalue weighted by Crippen LogP contribution is 2.36. The first-order valence-corrected chi connectivity index (χ1v) is 10.9. The van der Waals surface area contributed by atoms with Crippen molar-refractivity contribution in [1.82, 2.24) is 0 Å². The fourth-order valence-electron chi connectivity index (χ4n) is 3.68. The van der Waals surface area contributed by atoms with Gasteiger partial charge in [0.15, 0.2) is 5.71 Å². The molecule has 162 valence electrons. The highest BCUT2D eigenvalue weighted by Gasteiger charge is 2.26. The van der Waals surface area contributed by atoms with Crippen LogP contribution in [-0.4, -0.2) is 27.8 Å². The normalized spacial score (nSPS) is 13.6. The van der Waals surface area contributed by atoms with Crippen LogP contribution in [0.1, 0.15) is 15.9 Å². The number of phenols is 1. The van der Waals surface area contributed by atoms with Crippen molar-refractivity contribution in [3.63, 3.8) is 0 Å². The van der Waals surface area contributed by atoms with Crippen molar-refractivity contribution in [1.29, 1.82) is 0 Å². The average Bonchev–Trinajstić information content (AvgIpc) is 3.46. The molecule has 5 rings (SSSR count). The van der Waals surface area contributed by atoms with Crippen LogP contribution in [0.3, 0.4) is 0 Å². The molecule has 3 aromatic carbocycles. The maximum atomic E-state index is 12.5. The Labute approximate surface area is 192 Å². The number of carbonyl (C=O) groups excluding carboxylic acids is 1. The number of nitrogens with zero attached hydrogens (tertiary/aromatic N) is 1. The van der Waals surface area contributed by atoms with Crippen molar-refractivity contribution in [2.24, 2.45) is 5.10 Å². The van der Waals surface area contributed by atoms with Gasteiger partial charge in [-0.05, 0) is 63.8 Å². The number of amides is 1. The van der Waals surface area contributed by atoms with Gasteiger partial charge in [-0.25, -0.2) is 4.79 Å². The van der Waals surface area contributed by atoms with E-state index in [1.54, 1.807) is 41.7 Å². The van der Waals surface area contributed by atoms with Crippen LogP contribution in [0, 0.1) is 0 Å². The number of hydrogen-bond acceptors (Lipinski definition) is 6. The van der Waals surface area contributed by atoms with E-state index in [1.165, 1.54) is 12.1 Å². The van der Waals surface area contributed by atoms with E-state index < -0.39 is 5.97 Å². The van der Waals surface area contributed by atoms with E-state index in [9.17, 15) is 19.8 Å². The molecule has 0 saturated heterocycles. The maximum absolute atomic E-state index is 12.5. The molecule has 0 saturated carbocycles. The van der Waals surface area contributed by atoms with Gasteiger partial charge in [0, 0.05) is 11.1 Å². The number of para-hydroxylation sites is 1. The summed E-state index contributed by atoms with van der Waals surface area (Å²) in [5.41, 5.74) is 7.80. The van der Waals surface area contributed by atoms with Crippen molar-refractivity contribution in [3.05, 3.63) is 88.6 Å². The molecule has 1 amide bonds. The minimum Gasteiger partial charge on any atom is -0.505 e. The van der Waals surface area contributed by atoms with Crippen molar-refractivity contribution >= 4 is 40.3 Å². The van der Waals surface area contributed by atoms with Crippen molar-refractivity contribution in [2.75, 3.05) is 10.7 Å². The number of phenolic OH excluding ortho intramolecular Hbond substituents is 1. The van der Waals surface area contributed by atoms with Gasteiger partial charge in [0.2, 0.25) is 0 Å². The Hall–Kier alpha value is -4.43. The van der Waals surface area contributed by atoms with E-state index in [1.807, 2.05) is 35.0 Å². The molecule has 0 bridgehead atoms. The maximum Gasteiger partial charge on any atom is 0.335 e. The number of fused-ring (bicyclic) bond motifs is 1. The molecule has 0 radical (unpaired) electrons. The van der Waals surface area contributed by atoms with E-state index in [4.69, 9.17) is 0 Å². The first-order chi connectivity index (χ1) is 16.0. The van der Waals surface area contributed by atoms with Crippen LogP contribution in [0.5, 0.6) is 5.75 Å². The zero-order valence-corrected chi connectivity index (χ0v) is 17.9. The van der Waals surface area contributed by atoms with Crippen LogP contribution >= 0.6 is 11.3 Å². The summed E-state index contributed by atoms with van der Waals surface area (Å²) in [6.45, 7) is 0. The summed E-state index contributed by atoms with van der Waals surface area (Å²) in [7, 11) is 0. The minimum atomic E-state index is -1.05. The van der Waals surface area contributed by atoms with E-state index in [0.29, 0.717) is 22.4 Å². The number of nitrogens with one attached hydrogen (secondary N) is 2. The molecule has 0 spiro atoms. The number of aromatic carboxylic acids is 1. The van der Waals surface area contributed by atoms with E-state index in [0.717, 1.165) is 11.1 Å². The largest absolute Gasteiger partial charge is 0.505 e. The monoisotopic (exact) mass is 455 g/mol. The third-order valence-corrected chi connectivity index (χ3v) is 6.02. The van der Waals surface area contributed by atoms with Gasteiger partial charge in [0.05, 0.1) is 16.9 Å². The Bertz CT molecular complexity index is 1430. The van der Waals surface area contributed by atoms with Crippen LogP contribution in [0.4, 0.5) is 11.4 Å². The highest BCUT2D eigenvalue weighted by atomic mass is 32.1. The van der Waals surface area contributed by atoms with Crippen LogP contribution in [0.2, 0.25) is 0 Å². The fourth-order valence-corrected chi connectivity index (χ4v) is 4.34. The molecule has 7 nitrogen and oxygen atoms in total. The summed E-state index contributed by atoms with van der Waals surface area (Å²) < 4.78 is 0. The lowest BCUT2D eigenvalue weighted by atomic mass is 10.0. The highest BCUT2D eigenvalue weighted by molar-refractivity contribution is 7.08. The van der Waals surface area contributed by atoms with Gasteiger partial charge in [-0.2, -0.15) is 16.4 Å². The van der Waals surface area contributed by atoms with Gasteiger partial charge in [-0.15, -0.1) is 0 Å². The quantitative estimate of drug-likeness (QED) is 0.243. The number of carboxylic acids is 1. The van der Waals surface area contributed by atoms with Crippen LogP contribution in [-0.2, 0) is 4.79 Å². The minimum absolute atomic E-state index is 0.101. The average molecular weight is 455 g/mol. The molecule has 8 heteroatoms. The molecule has 1 aliphatic heterocycles. The number of hydrogen-bond donors (Lipinski definition) is 4. The summed E-state index contributed by atoms with van der Waals surface area (Å²) in [6.07, 6.45) is 0. The zero-order valence-electron chi connectivity index (χ0n) is 17.1. The molecule has 4 aromatic rings. The lowest BCUT2D eigenvalue weighted by Gasteiger charge is -2.10. The second-order valence-corrected chi connectivity index (χ2v) is 8.17. The smallest absolute Gasteiger partial charge is 0.335 e. The van der Waals surface area contributed by atoms with Gasteiger partial charge in [-0.3, -0.25) is 10.2 Å². The zero-order chi connectivity index (χ0) is 22.9. The fraction of sp³-hybridized carbons (Fsp3) is 0. The Morgan fingerprint density at radius 2 is 1.79 bits per heavy atom. The Balaban J connectivity index is 1.45. The van der Waals surface area contributed by atoms with Gasteiger partial charge in [0.1, 0.15) is 5.75 Å². The van der Waals surface area contributed by atoms with Crippen LogP contribution in [0.25, 0.3) is 22.3 Å². The lowest BCUT2D eigenvalue weighted by molar-refractivity contribution is -0.110. The molecule has 4 N–H and O–H groups in total. The Kier molecular flexibility index (Phi) is 5.12. The molecule has 0 atom stereocenters. The summed E-state index contributed by atoms with van der Waals surface area (Å²) in [5, 5.41) is 31.1. The topological polar surface area (TPSA) is 111 Å². The predicted molar refractivity (Wildman–Crippen MR) is 129 cm³/mol. The summed E-state index contributed by atoms with van der Waals surface area (Å²) >= 11 is 1.60. The number of anilines is 2. The lowest BCUT2D eigenvalue weighted by Crippen LogP contribution is -2.15. The third kappa shape index (κ3) is 3.83. The number of benzene rings is 3. The van der Waals surface area contributed by atoms with Crippen molar-refractivity contribution in [2.45, 2.75) is 0 Å². The third-order valence-electron chi connectivity index (χ3n) is 5.34. The molecular formula is C25H17N3O4S.